The summed E-state index contributed by atoms with van der Waals surface area (Å²) in [7, 11) is 0. The lowest BCUT2D eigenvalue weighted by Crippen LogP contribution is -2.57. The van der Waals surface area contributed by atoms with Gasteiger partial charge in [0.1, 0.15) is 29.3 Å². The van der Waals surface area contributed by atoms with Crippen molar-refractivity contribution in [1.29, 1.82) is 0 Å². The molecule has 2 aromatic carbocycles. The van der Waals surface area contributed by atoms with E-state index < -0.39 is 47.3 Å². The summed E-state index contributed by atoms with van der Waals surface area (Å²) in [6.45, 7) is 18.2. The number of hydrogen-bond donors (Lipinski definition) is 2. The molecule has 1 saturated carbocycles. The SMILES string of the molecule is Cc1ccc(C(C(=O)NC(Cc2ccccc2)C(=O)OC(C)(C)C)N(C(=O)C(NC(=O)OC(C)(C)C)C(C)C)C2CC2)c(C)c1. The molecule has 2 aromatic rings. The minimum Gasteiger partial charge on any atom is -0.458 e. The van der Waals surface area contributed by atoms with E-state index in [1.165, 1.54) is 0 Å². The maximum atomic E-state index is 14.5. The average Bonchev–Trinajstić information content (AvgIpc) is 3.74. The molecule has 9 heteroatoms. The van der Waals surface area contributed by atoms with Gasteiger partial charge in [0.2, 0.25) is 11.8 Å². The van der Waals surface area contributed by atoms with Crippen LogP contribution in [0, 0.1) is 19.8 Å². The molecule has 0 radical (unpaired) electrons. The standard InChI is InChI=1S/C36H51N3O6/c1-22(2)29(38-34(43)45-36(8,9)10)32(41)39(26-17-18-26)30(27-19-16-23(3)20-24(27)4)31(40)37-28(33(42)44-35(5,6)7)21-25-14-12-11-13-15-25/h11-16,19-20,22,26,28-30H,17-18,21H2,1-10H3,(H,37,40)(H,38,43). The van der Waals surface area contributed by atoms with E-state index in [0.29, 0.717) is 5.56 Å². The lowest BCUT2D eigenvalue weighted by molar-refractivity contribution is -0.159. The van der Waals surface area contributed by atoms with Crippen LogP contribution in [-0.2, 0) is 30.3 Å². The predicted octanol–water partition coefficient (Wildman–Crippen LogP) is 5.95. The minimum atomic E-state index is -1.05. The predicted molar refractivity (Wildman–Crippen MR) is 174 cm³/mol. The molecule has 0 aliphatic heterocycles. The van der Waals surface area contributed by atoms with Gasteiger partial charge in [0.15, 0.2) is 0 Å². The van der Waals surface area contributed by atoms with Crippen molar-refractivity contribution >= 4 is 23.9 Å². The Hall–Kier alpha value is -3.88. The third-order valence-electron chi connectivity index (χ3n) is 7.34. The molecular formula is C36H51N3O6. The van der Waals surface area contributed by atoms with Crippen LogP contribution in [-0.4, -0.2) is 58.1 Å². The van der Waals surface area contributed by atoms with Gasteiger partial charge in [0, 0.05) is 12.5 Å². The molecule has 3 unspecified atom stereocenters. The Kier molecular flexibility index (Phi) is 11.5. The summed E-state index contributed by atoms with van der Waals surface area (Å²) < 4.78 is 11.2. The Labute approximate surface area is 268 Å². The average molecular weight is 622 g/mol. The van der Waals surface area contributed by atoms with E-state index in [0.717, 1.165) is 29.5 Å². The van der Waals surface area contributed by atoms with E-state index in [1.54, 1.807) is 46.4 Å². The number of ether oxygens (including phenoxy) is 2. The first kappa shape index (κ1) is 35.6. The Bertz CT molecular complexity index is 1360. The van der Waals surface area contributed by atoms with Gasteiger partial charge in [0.25, 0.3) is 0 Å². The van der Waals surface area contributed by atoms with Crippen LogP contribution >= 0.6 is 0 Å². The Morgan fingerprint density at radius 1 is 0.867 bits per heavy atom. The first-order valence-corrected chi connectivity index (χ1v) is 15.8. The van der Waals surface area contributed by atoms with Gasteiger partial charge in [-0.25, -0.2) is 9.59 Å². The summed E-state index contributed by atoms with van der Waals surface area (Å²) in [5.74, 6) is -1.72. The number of carbonyl (C=O) groups excluding carboxylic acids is 4. The highest BCUT2D eigenvalue weighted by Gasteiger charge is 2.46. The smallest absolute Gasteiger partial charge is 0.408 e. The van der Waals surface area contributed by atoms with Gasteiger partial charge in [-0.1, -0.05) is 67.9 Å². The third kappa shape index (κ3) is 10.6. The molecule has 2 N–H and O–H groups in total. The molecule has 3 atom stereocenters. The Morgan fingerprint density at radius 3 is 1.98 bits per heavy atom. The molecule has 45 heavy (non-hydrogen) atoms. The second-order valence-electron chi connectivity index (χ2n) is 14.4. The molecule has 9 nitrogen and oxygen atoms in total. The lowest BCUT2D eigenvalue weighted by atomic mass is 9.94. The van der Waals surface area contributed by atoms with Gasteiger partial charge in [0.05, 0.1) is 0 Å². The highest BCUT2D eigenvalue weighted by atomic mass is 16.6. The number of aryl methyl sites for hydroxylation is 2. The number of carbonyl (C=O) groups is 4. The van der Waals surface area contributed by atoms with E-state index in [1.807, 2.05) is 76.2 Å². The topological polar surface area (TPSA) is 114 Å². The number of nitrogens with one attached hydrogen (secondary N) is 2. The quantitative estimate of drug-likeness (QED) is 0.300. The first-order valence-electron chi connectivity index (χ1n) is 15.8. The normalized spacial score (nSPS) is 15.4. The van der Waals surface area contributed by atoms with Gasteiger partial charge < -0.3 is 25.0 Å². The van der Waals surface area contributed by atoms with Crippen molar-refractivity contribution in [3.8, 4) is 0 Å². The first-order chi connectivity index (χ1) is 20.9. The fourth-order valence-corrected chi connectivity index (χ4v) is 5.20. The zero-order valence-electron chi connectivity index (χ0n) is 28.5. The van der Waals surface area contributed by atoms with Gasteiger partial charge in [-0.2, -0.15) is 0 Å². The van der Waals surface area contributed by atoms with Crippen LogP contribution in [0.1, 0.15) is 96.5 Å². The summed E-state index contributed by atoms with van der Waals surface area (Å²) in [5.41, 5.74) is 1.85. The molecule has 0 spiro atoms. The van der Waals surface area contributed by atoms with Crippen LogP contribution in [0.3, 0.4) is 0 Å². The number of nitrogens with zero attached hydrogens (tertiary/aromatic N) is 1. The van der Waals surface area contributed by atoms with Gasteiger partial charge in [-0.15, -0.1) is 0 Å². The molecule has 0 aromatic heterocycles. The van der Waals surface area contributed by atoms with Crippen molar-refractivity contribution < 1.29 is 28.7 Å². The van der Waals surface area contributed by atoms with Crippen LogP contribution in [0.25, 0.3) is 0 Å². The number of amides is 3. The van der Waals surface area contributed by atoms with Crippen LogP contribution < -0.4 is 10.6 Å². The molecule has 0 bridgehead atoms. The fourth-order valence-electron chi connectivity index (χ4n) is 5.20. The molecule has 3 rings (SSSR count). The van der Waals surface area contributed by atoms with E-state index >= 15 is 0 Å². The number of esters is 1. The van der Waals surface area contributed by atoms with Crippen molar-refractivity contribution in [3.05, 3.63) is 70.8 Å². The van der Waals surface area contributed by atoms with Crippen molar-refractivity contribution in [2.45, 2.75) is 124 Å². The van der Waals surface area contributed by atoms with Crippen LogP contribution in [0.4, 0.5) is 4.79 Å². The van der Waals surface area contributed by atoms with Gasteiger partial charge in [-0.05, 0) is 90.8 Å². The highest BCUT2D eigenvalue weighted by Crippen LogP contribution is 2.37. The van der Waals surface area contributed by atoms with Gasteiger partial charge in [-0.3, -0.25) is 9.59 Å². The fraction of sp³-hybridized carbons (Fsp3) is 0.556. The largest absolute Gasteiger partial charge is 0.458 e. The highest BCUT2D eigenvalue weighted by molar-refractivity contribution is 5.94. The van der Waals surface area contributed by atoms with Crippen LogP contribution in [0.5, 0.6) is 0 Å². The van der Waals surface area contributed by atoms with Crippen molar-refractivity contribution in [2.75, 3.05) is 0 Å². The zero-order valence-corrected chi connectivity index (χ0v) is 28.5. The minimum absolute atomic E-state index is 0.204. The molecule has 1 aliphatic carbocycles. The molecule has 1 fully saturated rings. The number of alkyl carbamates (subject to hydrolysis) is 1. The summed E-state index contributed by atoms with van der Waals surface area (Å²) in [6.07, 6.45) is 0.951. The number of rotatable bonds is 11. The Morgan fingerprint density at radius 2 is 1.47 bits per heavy atom. The van der Waals surface area contributed by atoms with Crippen LogP contribution in [0.2, 0.25) is 0 Å². The molecule has 0 heterocycles. The lowest BCUT2D eigenvalue weighted by Gasteiger charge is -2.37. The third-order valence-corrected chi connectivity index (χ3v) is 7.34. The van der Waals surface area contributed by atoms with Crippen molar-refractivity contribution in [1.82, 2.24) is 15.5 Å². The second-order valence-corrected chi connectivity index (χ2v) is 14.4. The Balaban J connectivity index is 2.06. The molecule has 3 amide bonds. The zero-order chi connectivity index (χ0) is 33.7. The summed E-state index contributed by atoms with van der Waals surface area (Å²) in [5, 5.41) is 5.73. The molecule has 1 aliphatic rings. The number of hydrogen-bond acceptors (Lipinski definition) is 6. The van der Waals surface area contributed by atoms with E-state index in [4.69, 9.17) is 9.47 Å². The monoisotopic (exact) mass is 621 g/mol. The van der Waals surface area contributed by atoms with E-state index in [-0.39, 0.29) is 24.3 Å². The van der Waals surface area contributed by atoms with E-state index in [9.17, 15) is 19.2 Å². The maximum Gasteiger partial charge on any atom is 0.408 e. The second kappa shape index (κ2) is 14.5. The van der Waals surface area contributed by atoms with Crippen molar-refractivity contribution in [2.24, 2.45) is 5.92 Å². The van der Waals surface area contributed by atoms with E-state index in [2.05, 4.69) is 10.6 Å². The number of benzene rings is 2. The maximum absolute atomic E-state index is 14.5. The molecular weight excluding hydrogens is 570 g/mol. The van der Waals surface area contributed by atoms with Crippen molar-refractivity contribution in [3.63, 3.8) is 0 Å². The van der Waals surface area contributed by atoms with Crippen LogP contribution in [0.15, 0.2) is 48.5 Å². The summed E-state index contributed by atoms with van der Waals surface area (Å²) in [4.78, 5) is 56.9. The molecule has 246 valence electrons. The summed E-state index contributed by atoms with van der Waals surface area (Å²) in [6, 6.07) is 12.0. The summed E-state index contributed by atoms with van der Waals surface area (Å²) >= 11 is 0. The van der Waals surface area contributed by atoms with Gasteiger partial charge >= 0.3 is 12.1 Å². The molecule has 0 saturated heterocycles.